The van der Waals surface area contributed by atoms with Crippen LogP contribution in [0.4, 0.5) is 0 Å². The maximum atomic E-state index is 8.69. The van der Waals surface area contributed by atoms with E-state index in [1.165, 1.54) is 32.1 Å². The molecule has 4 heteroatoms. The lowest BCUT2D eigenvalue weighted by molar-refractivity contribution is 0.110. The van der Waals surface area contributed by atoms with Gasteiger partial charge in [-0.3, -0.25) is 4.90 Å². The van der Waals surface area contributed by atoms with Crippen molar-refractivity contribution in [3.05, 3.63) is 0 Å². The van der Waals surface area contributed by atoms with Gasteiger partial charge in [0.15, 0.2) is 0 Å². The molecular formula is C13H27N3O. The van der Waals surface area contributed by atoms with E-state index >= 15 is 0 Å². The van der Waals surface area contributed by atoms with Crippen LogP contribution in [-0.4, -0.2) is 34.6 Å². The Hall–Kier alpha value is -0.770. The molecule has 17 heavy (non-hydrogen) atoms. The van der Waals surface area contributed by atoms with Crippen molar-refractivity contribution in [3.63, 3.8) is 0 Å². The van der Waals surface area contributed by atoms with E-state index in [2.05, 4.69) is 23.9 Å². The van der Waals surface area contributed by atoms with Crippen LogP contribution >= 0.6 is 0 Å². The lowest BCUT2D eigenvalue weighted by Gasteiger charge is -2.39. The Balaban J connectivity index is 2.61. The van der Waals surface area contributed by atoms with E-state index in [0.717, 1.165) is 13.0 Å². The van der Waals surface area contributed by atoms with Crippen LogP contribution < -0.4 is 5.73 Å². The van der Waals surface area contributed by atoms with Crippen LogP contribution in [0.3, 0.4) is 0 Å². The van der Waals surface area contributed by atoms with Crippen molar-refractivity contribution in [2.24, 2.45) is 10.9 Å². The third kappa shape index (κ3) is 4.19. The third-order valence-corrected chi connectivity index (χ3v) is 3.92. The standard InChI is InChI=1S/C13H27N3O/c1-3-11(10-13(14)15-17)16(4-2)12-8-6-5-7-9-12/h11-12,17H,3-10H2,1-2H3,(H2,14,15). The maximum Gasteiger partial charge on any atom is 0.140 e. The molecule has 3 N–H and O–H groups in total. The zero-order chi connectivity index (χ0) is 12.7. The largest absolute Gasteiger partial charge is 0.409 e. The summed E-state index contributed by atoms with van der Waals surface area (Å²) in [4.78, 5) is 2.55. The normalized spacial score (nSPS) is 20.8. The molecule has 0 aromatic rings. The monoisotopic (exact) mass is 241 g/mol. The second kappa shape index (κ2) is 7.54. The first kappa shape index (κ1) is 14.3. The van der Waals surface area contributed by atoms with Crippen molar-refractivity contribution >= 4 is 5.84 Å². The molecule has 1 aliphatic rings. The number of nitrogens with zero attached hydrogens (tertiary/aromatic N) is 2. The molecule has 1 unspecified atom stereocenters. The number of hydrogen-bond donors (Lipinski definition) is 2. The van der Waals surface area contributed by atoms with Crippen LogP contribution in [0.15, 0.2) is 5.16 Å². The molecular weight excluding hydrogens is 214 g/mol. The summed E-state index contributed by atoms with van der Waals surface area (Å²) in [5.41, 5.74) is 5.64. The van der Waals surface area contributed by atoms with E-state index in [9.17, 15) is 0 Å². The van der Waals surface area contributed by atoms with Gasteiger partial charge in [0.1, 0.15) is 5.84 Å². The summed E-state index contributed by atoms with van der Waals surface area (Å²) in [6, 6.07) is 1.11. The Morgan fingerprint density at radius 2 is 2.00 bits per heavy atom. The predicted octanol–water partition coefficient (Wildman–Crippen LogP) is 2.56. The summed E-state index contributed by atoms with van der Waals surface area (Å²) in [5, 5.41) is 11.8. The molecule has 100 valence electrons. The number of nitrogens with two attached hydrogens (primary N) is 1. The van der Waals surface area contributed by atoms with Gasteiger partial charge in [0.2, 0.25) is 0 Å². The Kier molecular flexibility index (Phi) is 6.34. The number of rotatable bonds is 6. The molecule has 1 fully saturated rings. The summed E-state index contributed by atoms with van der Waals surface area (Å²) >= 11 is 0. The molecule has 4 nitrogen and oxygen atoms in total. The van der Waals surface area contributed by atoms with Gasteiger partial charge in [-0.25, -0.2) is 0 Å². The third-order valence-electron chi connectivity index (χ3n) is 3.92. The molecule has 0 aliphatic heterocycles. The van der Waals surface area contributed by atoms with Crippen molar-refractivity contribution in [2.75, 3.05) is 6.54 Å². The van der Waals surface area contributed by atoms with E-state index < -0.39 is 0 Å². The molecule has 0 saturated heterocycles. The van der Waals surface area contributed by atoms with E-state index in [-0.39, 0.29) is 0 Å². The smallest absolute Gasteiger partial charge is 0.140 e. The molecule has 0 amide bonds. The molecule has 0 spiro atoms. The molecule has 0 bridgehead atoms. The van der Waals surface area contributed by atoms with Crippen LogP contribution in [0.1, 0.15) is 58.8 Å². The Bertz CT molecular complexity index is 237. The van der Waals surface area contributed by atoms with Gasteiger partial charge in [0.05, 0.1) is 0 Å². The van der Waals surface area contributed by atoms with E-state index in [4.69, 9.17) is 10.9 Å². The van der Waals surface area contributed by atoms with E-state index in [1.54, 1.807) is 0 Å². The SMILES string of the molecule is CCC(C/C(N)=N/O)N(CC)C1CCCCC1. The Labute approximate surface area is 105 Å². The quantitative estimate of drug-likeness (QED) is 0.325. The van der Waals surface area contributed by atoms with Gasteiger partial charge < -0.3 is 10.9 Å². The maximum absolute atomic E-state index is 8.69. The molecule has 0 radical (unpaired) electrons. The lowest BCUT2D eigenvalue weighted by Crippen LogP contribution is -2.45. The number of amidine groups is 1. The summed E-state index contributed by atoms with van der Waals surface area (Å²) in [7, 11) is 0. The van der Waals surface area contributed by atoms with Gasteiger partial charge in [0, 0.05) is 18.5 Å². The summed E-state index contributed by atoms with van der Waals surface area (Å²) in [6.45, 7) is 5.45. The Morgan fingerprint density at radius 3 is 2.47 bits per heavy atom. The number of hydrogen-bond acceptors (Lipinski definition) is 3. The highest BCUT2D eigenvalue weighted by Crippen LogP contribution is 2.25. The minimum absolute atomic E-state index is 0.353. The highest BCUT2D eigenvalue weighted by molar-refractivity contribution is 5.80. The molecule has 1 rings (SSSR count). The highest BCUT2D eigenvalue weighted by atomic mass is 16.4. The zero-order valence-corrected chi connectivity index (χ0v) is 11.2. The fourth-order valence-electron chi connectivity index (χ4n) is 3.01. The van der Waals surface area contributed by atoms with Gasteiger partial charge in [0.25, 0.3) is 0 Å². The van der Waals surface area contributed by atoms with Crippen molar-refractivity contribution in [1.29, 1.82) is 0 Å². The van der Waals surface area contributed by atoms with Crippen LogP contribution in [0, 0.1) is 0 Å². The molecule has 1 saturated carbocycles. The first-order valence-electron chi connectivity index (χ1n) is 6.95. The summed E-state index contributed by atoms with van der Waals surface area (Å²) < 4.78 is 0. The van der Waals surface area contributed by atoms with Crippen molar-refractivity contribution in [1.82, 2.24) is 4.90 Å². The van der Waals surface area contributed by atoms with E-state index in [1.807, 2.05) is 0 Å². The molecule has 0 aromatic carbocycles. The topological polar surface area (TPSA) is 61.9 Å². The minimum Gasteiger partial charge on any atom is -0.409 e. The van der Waals surface area contributed by atoms with Crippen LogP contribution in [0.2, 0.25) is 0 Å². The molecule has 0 heterocycles. The molecule has 1 aliphatic carbocycles. The van der Waals surface area contributed by atoms with Crippen LogP contribution in [-0.2, 0) is 0 Å². The van der Waals surface area contributed by atoms with Gasteiger partial charge in [-0.1, -0.05) is 38.3 Å². The fraction of sp³-hybridized carbons (Fsp3) is 0.923. The lowest BCUT2D eigenvalue weighted by atomic mass is 9.92. The van der Waals surface area contributed by atoms with Crippen LogP contribution in [0.5, 0.6) is 0 Å². The zero-order valence-electron chi connectivity index (χ0n) is 11.2. The average Bonchev–Trinajstić information content (AvgIpc) is 2.39. The van der Waals surface area contributed by atoms with Gasteiger partial charge >= 0.3 is 0 Å². The predicted molar refractivity (Wildman–Crippen MR) is 71.4 cm³/mol. The highest BCUT2D eigenvalue weighted by Gasteiger charge is 2.25. The van der Waals surface area contributed by atoms with Crippen LogP contribution in [0.25, 0.3) is 0 Å². The number of oxime groups is 1. The van der Waals surface area contributed by atoms with Gasteiger partial charge in [-0.2, -0.15) is 0 Å². The molecule has 1 atom stereocenters. The summed E-state index contributed by atoms with van der Waals surface area (Å²) in [6.07, 6.45) is 8.42. The second-order valence-electron chi connectivity index (χ2n) is 4.98. The minimum atomic E-state index is 0.353. The first-order valence-corrected chi connectivity index (χ1v) is 6.95. The Morgan fingerprint density at radius 1 is 1.35 bits per heavy atom. The fourth-order valence-corrected chi connectivity index (χ4v) is 3.01. The van der Waals surface area contributed by atoms with Gasteiger partial charge in [-0.05, 0) is 25.8 Å². The summed E-state index contributed by atoms with van der Waals surface area (Å²) in [5.74, 6) is 0.353. The second-order valence-corrected chi connectivity index (χ2v) is 4.98. The van der Waals surface area contributed by atoms with E-state index in [0.29, 0.717) is 24.3 Å². The van der Waals surface area contributed by atoms with Crippen molar-refractivity contribution < 1.29 is 5.21 Å². The van der Waals surface area contributed by atoms with Gasteiger partial charge in [-0.15, -0.1) is 0 Å². The molecule has 0 aromatic heterocycles. The van der Waals surface area contributed by atoms with Crippen molar-refractivity contribution in [2.45, 2.75) is 70.9 Å². The van der Waals surface area contributed by atoms with Crippen molar-refractivity contribution in [3.8, 4) is 0 Å². The average molecular weight is 241 g/mol. The first-order chi connectivity index (χ1) is 8.22.